The van der Waals surface area contributed by atoms with Crippen LogP contribution in [0.15, 0.2) is 30.9 Å². The van der Waals surface area contributed by atoms with Gasteiger partial charge in [-0.2, -0.15) is 5.10 Å². The molecule has 0 saturated heterocycles. The standard InChI is InChI=1S/C17H23F2N3O2/c1-17(2,3)16(23)14(22-11-20-10-21-22)5-4-8-24-15-9-12(18)6-7-13(15)19/h6-7,9-11,14,16,23H,4-5,8H2,1-3H3. The lowest BCUT2D eigenvalue weighted by molar-refractivity contribution is 0.00755. The molecular formula is C17H23F2N3O2. The minimum atomic E-state index is -0.634. The Morgan fingerprint density at radius 1 is 1.29 bits per heavy atom. The van der Waals surface area contributed by atoms with Crippen molar-refractivity contribution < 1.29 is 18.6 Å². The Kier molecular flexibility index (Phi) is 5.88. The van der Waals surface area contributed by atoms with Crippen LogP contribution in [0.5, 0.6) is 5.75 Å². The number of aliphatic hydroxyl groups is 1. The van der Waals surface area contributed by atoms with Crippen LogP contribution in [0, 0.1) is 17.0 Å². The number of hydrogen-bond donors (Lipinski definition) is 1. The highest BCUT2D eigenvalue weighted by Gasteiger charge is 2.31. The molecule has 2 unspecified atom stereocenters. The van der Waals surface area contributed by atoms with E-state index in [1.54, 1.807) is 11.0 Å². The molecule has 0 spiro atoms. The van der Waals surface area contributed by atoms with Crippen LogP contribution in [0.25, 0.3) is 0 Å². The molecule has 0 aliphatic rings. The van der Waals surface area contributed by atoms with Gasteiger partial charge in [-0.1, -0.05) is 20.8 Å². The van der Waals surface area contributed by atoms with Gasteiger partial charge in [0.05, 0.1) is 18.8 Å². The maximum absolute atomic E-state index is 13.5. The zero-order valence-electron chi connectivity index (χ0n) is 14.1. The van der Waals surface area contributed by atoms with E-state index in [2.05, 4.69) is 10.1 Å². The summed E-state index contributed by atoms with van der Waals surface area (Å²) in [6.07, 6.45) is 3.46. The molecule has 7 heteroatoms. The molecule has 0 aliphatic heterocycles. The average molecular weight is 339 g/mol. The first-order chi connectivity index (χ1) is 11.3. The summed E-state index contributed by atoms with van der Waals surface area (Å²) in [5, 5.41) is 14.7. The molecule has 1 aromatic carbocycles. The van der Waals surface area contributed by atoms with E-state index in [-0.39, 0.29) is 23.8 Å². The van der Waals surface area contributed by atoms with Gasteiger partial charge in [0, 0.05) is 6.07 Å². The fourth-order valence-electron chi connectivity index (χ4n) is 2.46. The third kappa shape index (κ3) is 4.74. The van der Waals surface area contributed by atoms with Crippen molar-refractivity contribution in [2.75, 3.05) is 6.61 Å². The Hall–Kier alpha value is -2.02. The smallest absolute Gasteiger partial charge is 0.165 e. The molecule has 0 amide bonds. The minimum absolute atomic E-state index is 0.108. The fraction of sp³-hybridized carbons (Fsp3) is 0.529. The van der Waals surface area contributed by atoms with Crippen molar-refractivity contribution in [2.45, 2.75) is 45.8 Å². The van der Waals surface area contributed by atoms with Crippen molar-refractivity contribution in [2.24, 2.45) is 5.41 Å². The highest BCUT2D eigenvalue weighted by molar-refractivity contribution is 5.24. The number of aliphatic hydroxyl groups excluding tert-OH is 1. The monoisotopic (exact) mass is 339 g/mol. The van der Waals surface area contributed by atoms with Gasteiger partial charge in [-0.05, 0) is 30.4 Å². The van der Waals surface area contributed by atoms with Gasteiger partial charge in [-0.3, -0.25) is 0 Å². The molecule has 1 N–H and O–H groups in total. The molecule has 0 bridgehead atoms. The zero-order chi connectivity index (χ0) is 17.7. The predicted octanol–water partition coefficient (Wildman–Crippen LogP) is 3.36. The van der Waals surface area contributed by atoms with E-state index in [1.165, 1.54) is 6.33 Å². The van der Waals surface area contributed by atoms with E-state index >= 15 is 0 Å². The van der Waals surface area contributed by atoms with Crippen LogP contribution in [0.2, 0.25) is 0 Å². The first kappa shape index (κ1) is 18.3. The van der Waals surface area contributed by atoms with Crippen LogP contribution in [-0.2, 0) is 0 Å². The summed E-state index contributed by atoms with van der Waals surface area (Å²) >= 11 is 0. The van der Waals surface area contributed by atoms with Crippen molar-refractivity contribution in [1.82, 2.24) is 14.8 Å². The number of ether oxygens (including phenoxy) is 1. The van der Waals surface area contributed by atoms with Crippen molar-refractivity contribution >= 4 is 0 Å². The summed E-state index contributed by atoms with van der Waals surface area (Å²) in [7, 11) is 0. The Morgan fingerprint density at radius 3 is 2.67 bits per heavy atom. The van der Waals surface area contributed by atoms with Crippen LogP contribution >= 0.6 is 0 Å². The lowest BCUT2D eigenvalue weighted by atomic mass is 9.83. The second kappa shape index (κ2) is 7.70. The Balaban J connectivity index is 1.95. The molecule has 0 fully saturated rings. The fourth-order valence-corrected chi connectivity index (χ4v) is 2.46. The summed E-state index contributed by atoms with van der Waals surface area (Å²) in [4.78, 5) is 3.92. The molecule has 2 aromatic rings. The van der Waals surface area contributed by atoms with E-state index in [1.807, 2.05) is 20.8 Å². The van der Waals surface area contributed by atoms with Crippen LogP contribution in [0.3, 0.4) is 0 Å². The predicted molar refractivity (Wildman–Crippen MR) is 85.6 cm³/mol. The molecule has 2 atom stereocenters. The summed E-state index contributed by atoms with van der Waals surface area (Å²) in [6.45, 7) is 6.04. The molecule has 0 saturated carbocycles. The number of nitrogens with zero attached hydrogens (tertiary/aromatic N) is 3. The van der Waals surface area contributed by atoms with Crippen LogP contribution < -0.4 is 4.74 Å². The quantitative estimate of drug-likeness (QED) is 0.786. The minimum Gasteiger partial charge on any atom is -0.490 e. The van der Waals surface area contributed by atoms with E-state index in [9.17, 15) is 13.9 Å². The second-order valence-electron chi connectivity index (χ2n) is 6.82. The molecule has 2 rings (SSSR count). The molecule has 24 heavy (non-hydrogen) atoms. The highest BCUT2D eigenvalue weighted by Crippen LogP contribution is 2.30. The number of rotatable bonds is 7. The van der Waals surface area contributed by atoms with Crippen LogP contribution in [0.4, 0.5) is 8.78 Å². The summed E-state index contributed by atoms with van der Waals surface area (Å²) in [5.41, 5.74) is -0.327. The SMILES string of the molecule is CC(C)(C)C(O)C(CCCOc1cc(F)ccc1F)n1cncn1. The van der Waals surface area contributed by atoms with Gasteiger partial charge in [-0.25, -0.2) is 18.4 Å². The maximum atomic E-state index is 13.5. The van der Waals surface area contributed by atoms with Crippen molar-refractivity contribution in [1.29, 1.82) is 0 Å². The zero-order valence-corrected chi connectivity index (χ0v) is 14.1. The molecule has 1 aromatic heterocycles. The first-order valence-corrected chi connectivity index (χ1v) is 7.89. The van der Waals surface area contributed by atoms with E-state index in [0.717, 1.165) is 18.2 Å². The van der Waals surface area contributed by atoms with E-state index in [4.69, 9.17) is 4.74 Å². The molecule has 0 radical (unpaired) electrons. The number of aromatic nitrogens is 3. The summed E-state index contributed by atoms with van der Waals surface area (Å²) < 4.78 is 33.6. The van der Waals surface area contributed by atoms with Crippen molar-refractivity contribution in [3.05, 3.63) is 42.5 Å². The third-order valence-electron chi connectivity index (χ3n) is 3.82. The number of benzene rings is 1. The number of hydrogen-bond acceptors (Lipinski definition) is 4. The third-order valence-corrected chi connectivity index (χ3v) is 3.82. The normalized spacial score (nSPS) is 14.4. The van der Waals surface area contributed by atoms with Gasteiger partial charge in [-0.15, -0.1) is 0 Å². The molecule has 0 aliphatic carbocycles. The van der Waals surface area contributed by atoms with E-state index in [0.29, 0.717) is 12.8 Å². The average Bonchev–Trinajstić information content (AvgIpc) is 3.03. The van der Waals surface area contributed by atoms with Crippen molar-refractivity contribution in [3.63, 3.8) is 0 Å². The topological polar surface area (TPSA) is 60.2 Å². The summed E-state index contributed by atoms with van der Waals surface area (Å²) in [5.74, 6) is -1.25. The molecule has 132 valence electrons. The van der Waals surface area contributed by atoms with Crippen LogP contribution in [-0.4, -0.2) is 32.6 Å². The first-order valence-electron chi connectivity index (χ1n) is 7.89. The Morgan fingerprint density at radius 2 is 2.04 bits per heavy atom. The van der Waals surface area contributed by atoms with E-state index < -0.39 is 17.7 Å². The van der Waals surface area contributed by atoms with Gasteiger partial charge < -0.3 is 9.84 Å². The lowest BCUT2D eigenvalue weighted by Gasteiger charge is -2.33. The molecule has 5 nitrogen and oxygen atoms in total. The Bertz CT molecular complexity index is 642. The van der Waals surface area contributed by atoms with Crippen LogP contribution in [0.1, 0.15) is 39.7 Å². The summed E-state index contributed by atoms with van der Waals surface area (Å²) in [6, 6.07) is 2.83. The van der Waals surface area contributed by atoms with Gasteiger partial charge in [0.1, 0.15) is 18.5 Å². The largest absolute Gasteiger partial charge is 0.490 e. The second-order valence-corrected chi connectivity index (χ2v) is 6.82. The highest BCUT2D eigenvalue weighted by atomic mass is 19.1. The maximum Gasteiger partial charge on any atom is 0.165 e. The van der Waals surface area contributed by atoms with Crippen molar-refractivity contribution in [3.8, 4) is 5.75 Å². The van der Waals surface area contributed by atoms with Gasteiger partial charge in [0.25, 0.3) is 0 Å². The molecular weight excluding hydrogens is 316 g/mol. The number of halogens is 2. The van der Waals surface area contributed by atoms with Gasteiger partial charge in [0.2, 0.25) is 0 Å². The Labute approximate surface area is 140 Å². The molecule has 1 heterocycles. The van der Waals surface area contributed by atoms with Gasteiger partial charge in [0.15, 0.2) is 11.6 Å². The van der Waals surface area contributed by atoms with Gasteiger partial charge >= 0.3 is 0 Å². The lowest BCUT2D eigenvalue weighted by Crippen LogP contribution is -2.36.